The average Bonchev–Trinajstić information content (AvgIpc) is 1.32. The largest absolute Gasteiger partial charge is 0.504 e. The van der Waals surface area contributed by atoms with Gasteiger partial charge in [-0.15, -0.1) is 26.3 Å². The number of piperidine rings is 2. The van der Waals surface area contributed by atoms with Gasteiger partial charge in [0.05, 0.1) is 148 Å². The number of likely N-dealkylation sites (tertiary alicyclic amines) is 4. The van der Waals surface area contributed by atoms with Crippen LogP contribution in [0.15, 0.2) is 99.2 Å². The number of aromatic hydroxyl groups is 4. The highest BCUT2D eigenvalue weighted by atomic mass is 16.6. The summed E-state index contributed by atoms with van der Waals surface area (Å²) in [6, 6.07) is 14.8. The molecule has 24 heteroatoms. The minimum Gasteiger partial charge on any atom is -0.504 e. The van der Waals surface area contributed by atoms with Crippen LogP contribution >= 0.6 is 0 Å². The monoisotopic (exact) mass is 1570 g/mol. The molecule has 4 saturated carbocycles. The van der Waals surface area contributed by atoms with E-state index in [4.69, 9.17) is 56.8 Å². The highest BCUT2D eigenvalue weighted by molar-refractivity contribution is 5.66. The van der Waals surface area contributed by atoms with Gasteiger partial charge >= 0.3 is 0 Å². The summed E-state index contributed by atoms with van der Waals surface area (Å²) in [4.78, 5) is 9.48. The molecule has 16 aliphatic rings. The zero-order chi connectivity index (χ0) is 78.3. The molecule has 0 amide bonds. The topological polar surface area (TPSA) is 286 Å². The molecule has 0 aromatic heterocycles. The molecule has 20 rings (SSSR count). The van der Waals surface area contributed by atoms with Crippen LogP contribution in [0.3, 0.4) is 0 Å². The van der Waals surface area contributed by atoms with Crippen molar-refractivity contribution in [2.24, 2.45) is 11.8 Å². The Morgan fingerprint density at radius 1 is 0.342 bits per heavy atom. The summed E-state index contributed by atoms with van der Waals surface area (Å²) in [6.07, 6.45) is 16.1. The normalized spacial score (nSPS) is 38.1. The van der Waals surface area contributed by atoms with Crippen LogP contribution in [0.2, 0.25) is 0 Å². The zero-order valence-electron chi connectivity index (χ0n) is 65.8. The smallest absolute Gasteiger partial charge is 0.165 e. The van der Waals surface area contributed by atoms with Crippen molar-refractivity contribution in [2.45, 2.75) is 208 Å². The predicted molar refractivity (Wildman–Crippen MR) is 420 cm³/mol. The van der Waals surface area contributed by atoms with Gasteiger partial charge in [-0.1, -0.05) is 48.6 Å². The van der Waals surface area contributed by atoms with Crippen LogP contribution in [0.4, 0.5) is 0 Å². The van der Waals surface area contributed by atoms with Crippen molar-refractivity contribution in [2.75, 3.05) is 145 Å². The lowest BCUT2D eigenvalue weighted by Crippen LogP contribution is -2.77. The van der Waals surface area contributed by atoms with Gasteiger partial charge in [-0.05, 0) is 175 Å². The van der Waals surface area contributed by atoms with E-state index in [1.165, 1.54) is 11.1 Å². The summed E-state index contributed by atoms with van der Waals surface area (Å²) in [5.41, 5.74) is 2.16. The SMILES string of the molecule is C=CCN1CC[C@]23c4c5ccc(O)c4O[C@H]2C(OCCOCCOCCOC2CC[C@@]4(O)C6Cc7ccc(O)c8c7[C@@]4(CCN6CC=C)C2O8)CC[C@@]3(O)C(C5)C1.C=CCN1CC[C@]23c4c5ccc(O)c4O[C@H]2C(OCCOCCOCCOC2CC[C@@]4(O)C6Cc7ccc(O)c8c7[C@@]4(CCN6CC=C)C2O8)CC[C@@]3(O)C(C5)C1. The molecule has 4 aromatic rings. The van der Waals surface area contributed by atoms with Gasteiger partial charge in [0.2, 0.25) is 0 Å². The Hall–Kier alpha value is -6.40. The van der Waals surface area contributed by atoms with Gasteiger partial charge in [-0.2, -0.15) is 0 Å². The van der Waals surface area contributed by atoms with Crippen molar-refractivity contribution in [1.29, 1.82) is 0 Å². The highest BCUT2D eigenvalue weighted by Gasteiger charge is 2.77. The van der Waals surface area contributed by atoms with E-state index < -0.39 is 68.5 Å². The molecular formula is C90H116N4O20. The van der Waals surface area contributed by atoms with Crippen LogP contribution in [0.5, 0.6) is 46.0 Å². The van der Waals surface area contributed by atoms with Gasteiger partial charge < -0.3 is 97.7 Å². The van der Waals surface area contributed by atoms with E-state index in [0.29, 0.717) is 154 Å². The second kappa shape index (κ2) is 29.8. The number of benzene rings is 4. The third-order valence-corrected chi connectivity index (χ3v) is 31.0. The summed E-state index contributed by atoms with van der Waals surface area (Å²) >= 11 is 0. The summed E-state index contributed by atoms with van der Waals surface area (Å²) < 4.78 is 76.0. The molecule has 8 heterocycles. The van der Waals surface area contributed by atoms with Crippen molar-refractivity contribution < 1.29 is 97.7 Å². The zero-order valence-corrected chi connectivity index (χ0v) is 65.8. The highest BCUT2D eigenvalue weighted by Crippen LogP contribution is 2.71. The van der Waals surface area contributed by atoms with Crippen molar-refractivity contribution in [3.05, 3.63) is 144 Å². The van der Waals surface area contributed by atoms with Crippen LogP contribution in [-0.4, -0.2) is 289 Å². The van der Waals surface area contributed by atoms with Gasteiger partial charge in [0, 0.05) is 85.4 Å². The van der Waals surface area contributed by atoms with Crippen LogP contribution < -0.4 is 18.9 Å². The Kier molecular flexibility index (Phi) is 20.3. The molecule has 8 fully saturated rings. The molecule has 10 unspecified atom stereocenters. The number of phenolic OH excluding ortho intramolecular Hbond substituents is 4. The number of aliphatic hydroxyl groups is 4. The molecule has 24 nitrogen and oxygen atoms in total. The van der Waals surface area contributed by atoms with Crippen molar-refractivity contribution in [3.63, 3.8) is 0 Å². The van der Waals surface area contributed by atoms with Crippen molar-refractivity contribution in [3.8, 4) is 46.0 Å². The molecule has 114 heavy (non-hydrogen) atoms. The first-order valence-electron chi connectivity index (χ1n) is 42.5. The second-order valence-corrected chi connectivity index (χ2v) is 35.7. The molecule has 4 spiro atoms. The number of rotatable bonds is 30. The van der Waals surface area contributed by atoms with E-state index in [-0.39, 0.29) is 71.3 Å². The maximum absolute atomic E-state index is 12.6. The van der Waals surface area contributed by atoms with E-state index in [2.05, 4.69) is 45.9 Å². The third-order valence-electron chi connectivity index (χ3n) is 31.0. The van der Waals surface area contributed by atoms with E-state index >= 15 is 0 Å². The van der Waals surface area contributed by atoms with Crippen LogP contribution in [0.25, 0.3) is 0 Å². The molecule has 8 aliphatic heterocycles. The third kappa shape index (κ3) is 11.3. The van der Waals surface area contributed by atoms with Crippen molar-refractivity contribution in [1.82, 2.24) is 19.6 Å². The standard InChI is InChI=1S/2C45H58N2O10/c2*1-3-15-46-17-13-42-36-28-5-7-31(48)38(36)56-40(42)33(9-11-44(42,50)30(25-28)27-46)54-23-21-52-19-20-53-22-24-55-34-10-12-45(51)35-26-29-6-8-32(49)39-37(29)43(45,41(34)57-39)14-18-47(35)16-4-2/h2*3-8,30,33-35,40-41,48-51H,1-2,9-27H2/t2*30?,33?,34?,35?,40-,41?,42-,43-,44+,45+/m00/s1. The van der Waals surface area contributed by atoms with Crippen LogP contribution in [-0.2, 0) is 85.2 Å². The number of ether oxygens (including phenoxy) is 12. The molecule has 8 N–H and O–H groups in total. The first-order chi connectivity index (χ1) is 55.4. The summed E-state index contributed by atoms with van der Waals surface area (Å²) in [5.74, 6) is 2.69. The lowest BCUT2D eigenvalue weighted by molar-refractivity contribution is -0.215. The Morgan fingerprint density at radius 2 is 0.614 bits per heavy atom. The Bertz CT molecular complexity index is 4090. The van der Waals surface area contributed by atoms with E-state index in [1.807, 2.05) is 48.6 Å². The van der Waals surface area contributed by atoms with Crippen molar-refractivity contribution >= 4 is 0 Å². The van der Waals surface area contributed by atoms with Gasteiger partial charge in [0.1, 0.15) is 24.4 Å². The Balaban J connectivity index is 0.000000153. The average molecular weight is 1570 g/mol. The number of phenols is 4. The Labute approximate surface area is 668 Å². The van der Waals surface area contributed by atoms with Crippen LogP contribution in [0, 0.1) is 11.8 Å². The van der Waals surface area contributed by atoms with Crippen LogP contribution in [0.1, 0.15) is 122 Å². The van der Waals surface area contributed by atoms with Gasteiger partial charge in [-0.3, -0.25) is 19.6 Å². The molecule has 20 atom stereocenters. The molecule has 0 radical (unpaired) electrons. The lowest BCUT2D eigenvalue weighted by Gasteiger charge is -2.64. The fourth-order valence-electron chi connectivity index (χ4n) is 26.6. The van der Waals surface area contributed by atoms with Gasteiger partial charge in [-0.25, -0.2) is 0 Å². The Morgan fingerprint density at radius 3 is 0.921 bits per heavy atom. The molecule has 4 aromatic carbocycles. The first-order valence-corrected chi connectivity index (χ1v) is 42.5. The minimum absolute atomic E-state index is 0.0451. The second-order valence-electron chi connectivity index (χ2n) is 35.7. The fraction of sp³-hybridized carbons (Fsp3) is 0.644. The summed E-state index contributed by atoms with van der Waals surface area (Å²) in [7, 11) is 0. The molecule has 616 valence electrons. The summed E-state index contributed by atoms with van der Waals surface area (Å²) in [6.45, 7) is 28.5. The maximum atomic E-state index is 12.6. The molecule has 8 bridgehead atoms. The predicted octanol–water partition coefficient (Wildman–Crippen LogP) is 7.06. The van der Waals surface area contributed by atoms with E-state index in [0.717, 1.165) is 150 Å². The van der Waals surface area contributed by atoms with E-state index in [1.54, 1.807) is 24.3 Å². The lowest BCUT2D eigenvalue weighted by atomic mass is 9.48. The van der Waals surface area contributed by atoms with Gasteiger partial charge in [0.25, 0.3) is 0 Å². The van der Waals surface area contributed by atoms with E-state index in [9.17, 15) is 40.9 Å². The first kappa shape index (κ1) is 77.5. The molecule has 4 saturated heterocycles. The number of hydrogen-bond acceptors (Lipinski definition) is 24. The maximum Gasteiger partial charge on any atom is 0.165 e. The quantitative estimate of drug-likeness (QED) is 0.0192. The number of nitrogens with zero attached hydrogens (tertiary/aromatic N) is 4. The fourth-order valence-corrected chi connectivity index (χ4v) is 26.6. The molecule has 8 aliphatic carbocycles. The minimum atomic E-state index is -0.981. The number of hydrogen-bond donors (Lipinski definition) is 8. The van der Waals surface area contributed by atoms with Gasteiger partial charge in [0.15, 0.2) is 46.0 Å². The molecular weight excluding hydrogens is 1460 g/mol. The summed E-state index contributed by atoms with van der Waals surface area (Å²) in [5, 5.41) is 93.9.